The number of benzene rings is 1. The average molecular weight is 269 g/mol. The van der Waals surface area contributed by atoms with E-state index in [4.69, 9.17) is 11.1 Å². The third kappa shape index (κ3) is 2.64. The number of amides is 1. The van der Waals surface area contributed by atoms with Gasteiger partial charge in [-0.25, -0.2) is 0 Å². The van der Waals surface area contributed by atoms with Crippen LogP contribution in [0.2, 0.25) is 0 Å². The molecule has 2 rings (SSSR count). The molecule has 1 aromatic carbocycles. The lowest BCUT2D eigenvalue weighted by molar-refractivity contribution is 0.0963. The van der Waals surface area contributed by atoms with Crippen molar-refractivity contribution in [2.45, 2.75) is 19.8 Å². The minimum Gasteiger partial charge on any atom is -0.398 e. The van der Waals surface area contributed by atoms with Gasteiger partial charge in [0.2, 0.25) is 0 Å². The van der Waals surface area contributed by atoms with E-state index in [1.807, 2.05) is 13.0 Å². The summed E-state index contributed by atoms with van der Waals surface area (Å²) in [5, 5.41) is 10.9. The number of nitrogen functional groups attached to an aromatic ring is 1. The smallest absolute Gasteiger partial charge is 0.251 e. The standard InChI is InChI=1S/C16H19N3O/c1-10-5-3-4-6-12(10)15(18)13-8-7-11(9-14(13)17)16(20)19-2/h4,6-9,18H,3,5,17H2,1-2H3,(H,19,20). The van der Waals surface area contributed by atoms with Gasteiger partial charge in [0.25, 0.3) is 5.91 Å². The normalized spacial score (nSPS) is 14.3. The van der Waals surface area contributed by atoms with Crippen molar-refractivity contribution in [1.82, 2.24) is 5.32 Å². The lowest BCUT2D eigenvalue weighted by Crippen LogP contribution is -2.18. The van der Waals surface area contributed by atoms with Crippen LogP contribution in [0.15, 0.2) is 41.5 Å². The maximum atomic E-state index is 11.6. The molecule has 20 heavy (non-hydrogen) atoms. The molecule has 0 spiro atoms. The largest absolute Gasteiger partial charge is 0.398 e. The van der Waals surface area contributed by atoms with Crippen molar-refractivity contribution in [1.29, 1.82) is 5.41 Å². The van der Waals surface area contributed by atoms with Crippen LogP contribution in [-0.4, -0.2) is 18.7 Å². The fourth-order valence-electron chi connectivity index (χ4n) is 2.30. The molecule has 1 aliphatic rings. The van der Waals surface area contributed by atoms with Gasteiger partial charge in [-0.15, -0.1) is 0 Å². The second-order valence-electron chi connectivity index (χ2n) is 4.89. The highest BCUT2D eigenvalue weighted by Crippen LogP contribution is 2.25. The van der Waals surface area contributed by atoms with Crippen LogP contribution in [0.25, 0.3) is 0 Å². The summed E-state index contributed by atoms with van der Waals surface area (Å²) >= 11 is 0. The Bertz CT molecular complexity index is 627. The van der Waals surface area contributed by atoms with Crippen molar-refractivity contribution in [3.63, 3.8) is 0 Å². The van der Waals surface area contributed by atoms with Gasteiger partial charge in [0.1, 0.15) is 0 Å². The summed E-state index contributed by atoms with van der Waals surface area (Å²) in [6.07, 6.45) is 6.05. The zero-order chi connectivity index (χ0) is 14.7. The van der Waals surface area contributed by atoms with E-state index in [0.717, 1.165) is 18.4 Å². The van der Waals surface area contributed by atoms with E-state index in [-0.39, 0.29) is 5.91 Å². The minimum absolute atomic E-state index is 0.178. The third-order valence-electron chi connectivity index (χ3n) is 3.51. The SMILES string of the molecule is CNC(=O)c1ccc(C(=N)C2=C(C)CCC=C2)c(N)c1. The number of nitrogens with two attached hydrogens (primary N) is 1. The molecule has 0 heterocycles. The minimum atomic E-state index is -0.178. The Morgan fingerprint density at radius 3 is 2.75 bits per heavy atom. The molecule has 0 saturated carbocycles. The second kappa shape index (κ2) is 5.74. The number of hydrogen-bond acceptors (Lipinski definition) is 3. The van der Waals surface area contributed by atoms with E-state index in [9.17, 15) is 4.79 Å². The van der Waals surface area contributed by atoms with Crippen molar-refractivity contribution in [3.8, 4) is 0 Å². The molecule has 0 radical (unpaired) electrons. The number of rotatable bonds is 3. The number of anilines is 1. The Balaban J connectivity index is 2.37. The molecule has 0 atom stereocenters. The summed E-state index contributed by atoms with van der Waals surface area (Å²) < 4.78 is 0. The first-order valence-electron chi connectivity index (χ1n) is 6.61. The first-order valence-corrected chi connectivity index (χ1v) is 6.61. The molecule has 1 amide bonds. The van der Waals surface area contributed by atoms with Gasteiger partial charge < -0.3 is 11.1 Å². The van der Waals surface area contributed by atoms with Crippen LogP contribution in [0, 0.1) is 5.41 Å². The molecule has 104 valence electrons. The van der Waals surface area contributed by atoms with Crippen LogP contribution in [-0.2, 0) is 0 Å². The van der Waals surface area contributed by atoms with Crippen molar-refractivity contribution >= 4 is 17.3 Å². The topological polar surface area (TPSA) is 79.0 Å². The Labute approximate surface area is 118 Å². The second-order valence-corrected chi connectivity index (χ2v) is 4.89. The van der Waals surface area contributed by atoms with Crippen LogP contribution in [0.3, 0.4) is 0 Å². The van der Waals surface area contributed by atoms with Gasteiger partial charge in [0, 0.05) is 23.9 Å². The summed E-state index contributed by atoms with van der Waals surface area (Å²) in [7, 11) is 1.58. The van der Waals surface area contributed by atoms with Gasteiger partial charge in [0.15, 0.2) is 0 Å². The van der Waals surface area contributed by atoms with E-state index in [1.54, 1.807) is 25.2 Å². The van der Waals surface area contributed by atoms with Crippen LogP contribution in [0.4, 0.5) is 5.69 Å². The number of carbonyl (C=O) groups excluding carboxylic acids is 1. The maximum absolute atomic E-state index is 11.6. The fourth-order valence-corrected chi connectivity index (χ4v) is 2.30. The van der Waals surface area contributed by atoms with Crippen LogP contribution < -0.4 is 11.1 Å². The summed E-state index contributed by atoms with van der Waals surface area (Å²) in [5.74, 6) is -0.178. The molecule has 4 heteroatoms. The zero-order valence-corrected chi connectivity index (χ0v) is 11.8. The van der Waals surface area contributed by atoms with E-state index in [0.29, 0.717) is 22.5 Å². The molecular weight excluding hydrogens is 250 g/mol. The van der Waals surface area contributed by atoms with E-state index >= 15 is 0 Å². The fraction of sp³-hybridized carbons (Fsp3) is 0.250. The van der Waals surface area contributed by atoms with Gasteiger partial charge in [-0.05, 0) is 43.5 Å². The van der Waals surface area contributed by atoms with Gasteiger partial charge in [-0.2, -0.15) is 0 Å². The summed E-state index contributed by atoms with van der Waals surface area (Å²) in [4.78, 5) is 11.6. The van der Waals surface area contributed by atoms with Crippen LogP contribution >= 0.6 is 0 Å². The monoisotopic (exact) mass is 269 g/mol. The predicted octanol–water partition coefficient (Wildman–Crippen LogP) is 2.66. The first kappa shape index (κ1) is 14.1. The Morgan fingerprint density at radius 1 is 1.40 bits per heavy atom. The Kier molecular flexibility index (Phi) is 4.03. The number of allylic oxidation sites excluding steroid dienone is 4. The van der Waals surface area contributed by atoms with E-state index < -0.39 is 0 Å². The maximum Gasteiger partial charge on any atom is 0.251 e. The van der Waals surface area contributed by atoms with Gasteiger partial charge in [0.05, 0.1) is 5.71 Å². The molecule has 0 aromatic heterocycles. The summed E-state index contributed by atoms with van der Waals surface area (Å²) in [5.41, 5.74) is 10.2. The van der Waals surface area contributed by atoms with Crippen LogP contribution in [0.1, 0.15) is 35.7 Å². The van der Waals surface area contributed by atoms with Crippen LogP contribution in [0.5, 0.6) is 0 Å². The number of carbonyl (C=O) groups is 1. The van der Waals surface area contributed by atoms with Gasteiger partial charge in [-0.3, -0.25) is 10.2 Å². The van der Waals surface area contributed by atoms with Gasteiger partial charge >= 0.3 is 0 Å². The van der Waals surface area contributed by atoms with Crippen molar-refractivity contribution < 1.29 is 4.79 Å². The molecule has 1 aromatic rings. The molecule has 0 unspecified atom stereocenters. The highest BCUT2D eigenvalue weighted by molar-refractivity contribution is 6.16. The zero-order valence-electron chi connectivity index (χ0n) is 11.8. The Morgan fingerprint density at radius 2 is 2.15 bits per heavy atom. The highest BCUT2D eigenvalue weighted by Gasteiger charge is 2.15. The lowest BCUT2D eigenvalue weighted by Gasteiger charge is -2.15. The first-order chi connectivity index (χ1) is 9.54. The Hall–Kier alpha value is -2.36. The molecule has 4 N–H and O–H groups in total. The molecule has 1 aliphatic carbocycles. The van der Waals surface area contributed by atoms with Gasteiger partial charge in [-0.1, -0.05) is 17.7 Å². The van der Waals surface area contributed by atoms with Crippen molar-refractivity contribution in [3.05, 3.63) is 52.6 Å². The third-order valence-corrected chi connectivity index (χ3v) is 3.51. The van der Waals surface area contributed by atoms with Crippen molar-refractivity contribution in [2.75, 3.05) is 12.8 Å². The summed E-state index contributed by atoms with van der Waals surface area (Å²) in [6, 6.07) is 5.05. The lowest BCUT2D eigenvalue weighted by atomic mass is 9.91. The van der Waals surface area contributed by atoms with E-state index in [2.05, 4.69) is 11.4 Å². The number of nitrogens with one attached hydrogen (secondary N) is 2. The molecule has 0 fully saturated rings. The molecule has 0 aliphatic heterocycles. The number of hydrogen-bond donors (Lipinski definition) is 3. The molecule has 0 bridgehead atoms. The predicted molar refractivity (Wildman–Crippen MR) is 82.1 cm³/mol. The molecule has 4 nitrogen and oxygen atoms in total. The highest BCUT2D eigenvalue weighted by atomic mass is 16.1. The summed E-state index contributed by atoms with van der Waals surface area (Å²) in [6.45, 7) is 2.04. The van der Waals surface area contributed by atoms with Crippen molar-refractivity contribution in [2.24, 2.45) is 0 Å². The molecular formula is C16H19N3O. The average Bonchev–Trinajstić information content (AvgIpc) is 2.46. The molecule has 0 saturated heterocycles. The van der Waals surface area contributed by atoms with E-state index in [1.165, 1.54) is 5.57 Å². The quantitative estimate of drug-likeness (QED) is 0.582.